The summed E-state index contributed by atoms with van der Waals surface area (Å²) in [5.74, 6) is -4.80. The number of carboxylic acid groups (broad SMARTS) is 3. The molecule has 1 atom stereocenters. The molecule has 0 spiro atoms. The van der Waals surface area contributed by atoms with Crippen LogP contribution in [-0.2, 0) is 14.4 Å². The van der Waals surface area contributed by atoms with Gasteiger partial charge in [0.25, 0.3) is 0 Å². The molecule has 0 rings (SSSR count). The van der Waals surface area contributed by atoms with Gasteiger partial charge in [-0.05, 0) is 13.3 Å². The summed E-state index contributed by atoms with van der Waals surface area (Å²) in [7, 11) is 0. The lowest BCUT2D eigenvalue weighted by molar-refractivity contribution is -0.153. The Morgan fingerprint density at radius 2 is 1.27 bits per heavy atom. The van der Waals surface area contributed by atoms with Gasteiger partial charge in [0, 0.05) is 0 Å². The molecule has 3 N–H and O–H groups in total. The van der Waals surface area contributed by atoms with Crippen molar-refractivity contribution >= 4 is 17.9 Å². The van der Waals surface area contributed by atoms with E-state index in [0.29, 0.717) is 0 Å². The van der Waals surface area contributed by atoms with Gasteiger partial charge in [0.1, 0.15) is 0 Å². The predicted octanol–water partition coefficient (Wildman–Crippen LogP) is 0.909. The molecular formula is C9H16O6. The van der Waals surface area contributed by atoms with Crippen LogP contribution in [0, 0.1) is 11.8 Å². The lowest BCUT2D eigenvalue weighted by Crippen LogP contribution is -2.19. The summed E-state index contributed by atoms with van der Waals surface area (Å²) in [4.78, 5) is 29.5. The van der Waals surface area contributed by atoms with E-state index in [1.165, 1.54) is 0 Å². The summed E-state index contributed by atoms with van der Waals surface area (Å²) >= 11 is 0. The van der Waals surface area contributed by atoms with Gasteiger partial charge >= 0.3 is 17.9 Å². The Morgan fingerprint density at radius 1 is 0.933 bits per heavy atom. The van der Waals surface area contributed by atoms with Gasteiger partial charge in [-0.3, -0.25) is 14.4 Å². The van der Waals surface area contributed by atoms with Gasteiger partial charge in [0.05, 0.1) is 5.92 Å². The topological polar surface area (TPSA) is 112 Å². The first-order valence-electron chi connectivity index (χ1n) is 4.42. The van der Waals surface area contributed by atoms with E-state index in [-0.39, 0.29) is 5.92 Å². The molecule has 0 aliphatic rings. The molecule has 0 aliphatic carbocycles. The average molecular weight is 220 g/mol. The van der Waals surface area contributed by atoms with E-state index in [2.05, 4.69) is 0 Å². The van der Waals surface area contributed by atoms with Crippen LogP contribution in [0.4, 0.5) is 0 Å². The largest absolute Gasteiger partial charge is 0.481 e. The zero-order valence-corrected chi connectivity index (χ0v) is 8.93. The van der Waals surface area contributed by atoms with Crippen molar-refractivity contribution in [2.75, 3.05) is 0 Å². The van der Waals surface area contributed by atoms with Gasteiger partial charge in [-0.25, -0.2) is 0 Å². The van der Waals surface area contributed by atoms with Crippen LogP contribution in [0.5, 0.6) is 0 Å². The first-order valence-corrected chi connectivity index (χ1v) is 4.42. The maximum Gasteiger partial charge on any atom is 0.317 e. The third-order valence-corrected chi connectivity index (χ3v) is 1.77. The van der Waals surface area contributed by atoms with E-state index in [4.69, 9.17) is 15.3 Å². The van der Waals surface area contributed by atoms with Gasteiger partial charge < -0.3 is 15.3 Å². The molecule has 0 radical (unpaired) electrons. The second-order valence-corrected chi connectivity index (χ2v) is 3.05. The molecule has 6 nitrogen and oxygen atoms in total. The summed E-state index contributed by atoms with van der Waals surface area (Å²) in [6.07, 6.45) is 0.718. The van der Waals surface area contributed by atoms with Crippen molar-refractivity contribution in [3.8, 4) is 0 Å². The van der Waals surface area contributed by atoms with Crippen molar-refractivity contribution in [3.05, 3.63) is 0 Å². The van der Waals surface area contributed by atoms with Crippen LogP contribution in [0.15, 0.2) is 0 Å². The summed E-state index contributed by atoms with van der Waals surface area (Å²) in [5, 5.41) is 24.1. The van der Waals surface area contributed by atoms with Crippen LogP contribution >= 0.6 is 0 Å². The number of carbonyl (C=O) groups is 3. The first-order chi connectivity index (χ1) is 6.73. The summed E-state index contributed by atoms with van der Waals surface area (Å²) in [6.45, 7) is 4.67. The molecule has 0 amide bonds. The monoisotopic (exact) mass is 220 g/mol. The number of carboxylic acids is 3. The first kappa shape index (κ1) is 15.9. The third-order valence-electron chi connectivity index (χ3n) is 1.77. The normalized spacial score (nSPS) is 11.2. The smallest absolute Gasteiger partial charge is 0.317 e. The second kappa shape index (κ2) is 7.78. The van der Waals surface area contributed by atoms with Crippen LogP contribution in [0.25, 0.3) is 0 Å². The molecule has 0 aromatic rings. The molecule has 0 bridgehead atoms. The highest BCUT2D eigenvalue weighted by molar-refractivity contribution is 5.92. The fourth-order valence-corrected chi connectivity index (χ4v) is 0.280. The van der Waals surface area contributed by atoms with Crippen LogP contribution in [0.3, 0.4) is 0 Å². The molecule has 0 saturated carbocycles. The average Bonchev–Trinajstić information content (AvgIpc) is 2.15. The van der Waals surface area contributed by atoms with Crippen LogP contribution in [0.1, 0.15) is 27.2 Å². The third kappa shape index (κ3) is 8.73. The van der Waals surface area contributed by atoms with Gasteiger partial charge in [-0.2, -0.15) is 0 Å². The van der Waals surface area contributed by atoms with Crippen molar-refractivity contribution in [3.63, 3.8) is 0 Å². The van der Waals surface area contributed by atoms with Crippen molar-refractivity contribution in [2.24, 2.45) is 11.8 Å². The van der Waals surface area contributed by atoms with Gasteiger partial charge in [-0.15, -0.1) is 0 Å². The minimum Gasteiger partial charge on any atom is -0.481 e. The van der Waals surface area contributed by atoms with E-state index in [1.807, 2.05) is 6.92 Å². The SMILES string of the molecule is CC(C(=O)O)C(=O)O.CCC(C)C(=O)O. The highest BCUT2D eigenvalue weighted by Gasteiger charge is 2.18. The highest BCUT2D eigenvalue weighted by Crippen LogP contribution is 1.97. The molecule has 15 heavy (non-hydrogen) atoms. The van der Waals surface area contributed by atoms with E-state index < -0.39 is 23.8 Å². The minimum absolute atomic E-state index is 0.181. The zero-order valence-electron chi connectivity index (χ0n) is 8.93. The van der Waals surface area contributed by atoms with Crippen LogP contribution in [-0.4, -0.2) is 33.2 Å². The van der Waals surface area contributed by atoms with Crippen LogP contribution < -0.4 is 0 Å². The van der Waals surface area contributed by atoms with E-state index in [0.717, 1.165) is 13.3 Å². The van der Waals surface area contributed by atoms with E-state index in [1.54, 1.807) is 6.92 Å². The molecule has 0 aromatic heterocycles. The molecule has 0 fully saturated rings. The van der Waals surface area contributed by atoms with Crippen molar-refractivity contribution in [1.82, 2.24) is 0 Å². The van der Waals surface area contributed by atoms with Gasteiger partial charge in [0.2, 0.25) is 0 Å². The Bertz CT molecular complexity index is 221. The molecule has 0 heterocycles. The molecular weight excluding hydrogens is 204 g/mol. The second-order valence-electron chi connectivity index (χ2n) is 3.05. The van der Waals surface area contributed by atoms with Gasteiger partial charge in [0.15, 0.2) is 5.92 Å². The Morgan fingerprint density at radius 3 is 1.27 bits per heavy atom. The van der Waals surface area contributed by atoms with Crippen molar-refractivity contribution in [2.45, 2.75) is 27.2 Å². The maximum absolute atomic E-state index is 9.93. The molecule has 1 unspecified atom stereocenters. The molecule has 0 aromatic carbocycles. The predicted molar refractivity (Wildman–Crippen MR) is 51.5 cm³/mol. The molecule has 0 saturated heterocycles. The summed E-state index contributed by atoms with van der Waals surface area (Å²) in [6, 6.07) is 0. The van der Waals surface area contributed by atoms with E-state index in [9.17, 15) is 14.4 Å². The Hall–Kier alpha value is -1.59. The minimum atomic E-state index is -1.31. The Kier molecular flexibility index (Phi) is 8.23. The van der Waals surface area contributed by atoms with Crippen molar-refractivity contribution in [1.29, 1.82) is 0 Å². The molecule has 6 heteroatoms. The molecule has 0 aliphatic heterocycles. The fourth-order valence-electron chi connectivity index (χ4n) is 0.280. The zero-order chi connectivity index (χ0) is 12.6. The van der Waals surface area contributed by atoms with Crippen LogP contribution in [0.2, 0.25) is 0 Å². The summed E-state index contributed by atoms with van der Waals surface area (Å²) in [5.41, 5.74) is 0. The number of rotatable bonds is 4. The lowest BCUT2D eigenvalue weighted by atomic mass is 10.1. The molecule has 88 valence electrons. The number of hydrogen-bond acceptors (Lipinski definition) is 3. The summed E-state index contributed by atoms with van der Waals surface area (Å²) < 4.78 is 0. The number of aliphatic carboxylic acids is 3. The maximum atomic E-state index is 9.93. The highest BCUT2D eigenvalue weighted by atomic mass is 16.4. The quantitative estimate of drug-likeness (QED) is 0.607. The Balaban J connectivity index is 0. The number of hydrogen-bond donors (Lipinski definition) is 3. The lowest BCUT2D eigenvalue weighted by Gasteiger charge is -1.96. The fraction of sp³-hybridized carbons (Fsp3) is 0.667. The standard InChI is InChI=1S/C5H10O2.C4H6O4/c1-3-4(2)5(6)7;1-2(3(5)6)4(7)8/h4H,3H2,1-2H3,(H,6,7);2H,1H3,(H,5,6)(H,7,8). The Labute approximate surface area is 87.5 Å². The van der Waals surface area contributed by atoms with E-state index >= 15 is 0 Å². The van der Waals surface area contributed by atoms with Crippen molar-refractivity contribution < 1.29 is 29.7 Å². The van der Waals surface area contributed by atoms with Gasteiger partial charge in [-0.1, -0.05) is 13.8 Å².